The number of carbonyl (C=O) groups is 1. The fourth-order valence-corrected chi connectivity index (χ4v) is 4.30. The Morgan fingerprint density at radius 3 is 2.38 bits per heavy atom. The SMILES string of the molecule is COc1cccc(C(=O)N2CCN(S(=O)(=O)c3cccc(F)c3)CC2)c1. The summed E-state index contributed by atoms with van der Waals surface area (Å²) in [5.41, 5.74) is 0.491. The summed E-state index contributed by atoms with van der Waals surface area (Å²) in [6, 6.07) is 11.8. The average molecular weight is 378 g/mol. The predicted molar refractivity (Wildman–Crippen MR) is 94.1 cm³/mol. The number of benzene rings is 2. The van der Waals surface area contributed by atoms with E-state index < -0.39 is 15.8 Å². The smallest absolute Gasteiger partial charge is 0.254 e. The first kappa shape index (κ1) is 18.3. The fraction of sp³-hybridized carbons (Fsp3) is 0.278. The molecule has 1 aliphatic rings. The van der Waals surface area contributed by atoms with Crippen molar-refractivity contribution in [3.05, 3.63) is 59.9 Å². The van der Waals surface area contributed by atoms with Crippen LogP contribution in [0.5, 0.6) is 5.75 Å². The fourth-order valence-electron chi connectivity index (χ4n) is 2.85. The zero-order valence-electron chi connectivity index (χ0n) is 14.3. The Bertz CT molecular complexity index is 909. The summed E-state index contributed by atoms with van der Waals surface area (Å²) >= 11 is 0. The Kier molecular flexibility index (Phi) is 5.24. The molecule has 138 valence electrons. The summed E-state index contributed by atoms with van der Waals surface area (Å²) < 4.78 is 45.0. The molecule has 1 aliphatic heterocycles. The molecular formula is C18H19FN2O4S. The predicted octanol–water partition coefficient (Wildman–Crippen LogP) is 1.98. The van der Waals surface area contributed by atoms with Crippen molar-refractivity contribution in [1.29, 1.82) is 0 Å². The van der Waals surface area contributed by atoms with Crippen LogP contribution < -0.4 is 4.74 Å². The van der Waals surface area contributed by atoms with Gasteiger partial charge in [-0.15, -0.1) is 0 Å². The van der Waals surface area contributed by atoms with Gasteiger partial charge in [0.25, 0.3) is 5.91 Å². The van der Waals surface area contributed by atoms with Crippen LogP contribution in [0.2, 0.25) is 0 Å². The van der Waals surface area contributed by atoms with Crippen molar-refractivity contribution in [3.63, 3.8) is 0 Å². The number of amides is 1. The molecule has 6 nitrogen and oxygen atoms in total. The molecule has 1 fully saturated rings. The van der Waals surface area contributed by atoms with E-state index in [1.165, 1.54) is 29.6 Å². The first-order valence-electron chi connectivity index (χ1n) is 8.11. The van der Waals surface area contributed by atoms with Crippen LogP contribution in [0, 0.1) is 5.82 Å². The van der Waals surface area contributed by atoms with E-state index in [1.807, 2.05) is 0 Å². The minimum atomic E-state index is -3.77. The van der Waals surface area contributed by atoms with Gasteiger partial charge in [0.1, 0.15) is 11.6 Å². The second-order valence-electron chi connectivity index (χ2n) is 5.89. The molecule has 0 aromatic heterocycles. The second-order valence-corrected chi connectivity index (χ2v) is 7.82. The van der Waals surface area contributed by atoms with E-state index in [1.54, 1.807) is 29.2 Å². The van der Waals surface area contributed by atoms with Gasteiger partial charge in [0, 0.05) is 31.7 Å². The van der Waals surface area contributed by atoms with Crippen molar-refractivity contribution in [3.8, 4) is 5.75 Å². The van der Waals surface area contributed by atoms with Crippen molar-refractivity contribution < 1.29 is 22.3 Å². The van der Waals surface area contributed by atoms with Crippen molar-refractivity contribution in [2.75, 3.05) is 33.3 Å². The molecule has 3 rings (SSSR count). The lowest BCUT2D eigenvalue weighted by Gasteiger charge is -2.34. The molecule has 0 aliphatic carbocycles. The molecule has 0 atom stereocenters. The van der Waals surface area contributed by atoms with Crippen LogP contribution in [-0.4, -0.2) is 56.8 Å². The van der Waals surface area contributed by atoms with E-state index in [0.717, 1.165) is 6.07 Å². The average Bonchev–Trinajstić information content (AvgIpc) is 2.67. The molecule has 0 N–H and O–H groups in total. The van der Waals surface area contributed by atoms with Gasteiger partial charge in [-0.3, -0.25) is 4.79 Å². The van der Waals surface area contributed by atoms with E-state index in [4.69, 9.17) is 4.74 Å². The number of methoxy groups -OCH3 is 1. The summed E-state index contributed by atoms with van der Waals surface area (Å²) in [5.74, 6) is -0.187. The molecule has 0 bridgehead atoms. The minimum absolute atomic E-state index is 0.0786. The third-order valence-corrected chi connectivity index (χ3v) is 6.17. The zero-order chi connectivity index (χ0) is 18.7. The number of hydrogen-bond donors (Lipinski definition) is 0. The lowest BCUT2D eigenvalue weighted by molar-refractivity contribution is 0.0697. The first-order valence-corrected chi connectivity index (χ1v) is 9.55. The van der Waals surface area contributed by atoms with Crippen molar-refractivity contribution >= 4 is 15.9 Å². The quantitative estimate of drug-likeness (QED) is 0.816. The highest BCUT2D eigenvalue weighted by atomic mass is 32.2. The molecule has 0 spiro atoms. The van der Waals surface area contributed by atoms with Crippen LogP contribution in [0.25, 0.3) is 0 Å². The molecule has 8 heteroatoms. The van der Waals surface area contributed by atoms with Crippen LogP contribution in [0.1, 0.15) is 10.4 Å². The number of hydrogen-bond acceptors (Lipinski definition) is 4. The molecule has 1 saturated heterocycles. The maximum Gasteiger partial charge on any atom is 0.254 e. The van der Waals surface area contributed by atoms with Gasteiger partial charge in [-0.2, -0.15) is 4.31 Å². The van der Waals surface area contributed by atoms with Gasteiger partial charge in [-0.05, 0) is 36.4 Å². The Morgan fingerprint density at radius 1 is 1.04 bits per heavy atom. The highest BCUT2D eigenvalue weighted by Crippen LogP contribution is 2.20. The lowest BCUT2D eigenvalue weighted by Crippen LogP contribution is -2.50. The Morgan fingerprint density at radius 2 is 1.73 bits per heavy atom. The molecule has 2 aromatic rings. The van der Waals surface area contributed by atoms with E-state index in [9.17, 15) is 17.6 Å². The standard InChI is InChI=1S/C18H19FN2O4S/c1-25-16-6-2-4-14(12-16)18(22)20-8-10-21(11-9-20)26(23,24)17-7-3-5-15(19)13-17/h2-7,12-13H,8-11H2,1H3. The molecule has 1 amide bonds. The van der Waals surface area contributed by atoms with Crippen molar-refractivity contribution in [2.45, 2.75) is 4.90 Å². The number of carbonyl (C=O) groups excluding carboxylic acids is 1. The molecule has 0 unspecified atom stereocenters. The summed E-state index contributed by atoms with van der Waals surface area (Å²) in [6.07, 6.45) is 0. The van der Waals surface area contributed by atoms with Crippen molar-refractivity contribution in [2.24, 2.45) is 0 Å². The largest absolute Gasteiger partial charge is 0.497 e. The number of ether oxygens (including phenoxy) is 1. The lowest BCUT2D eigenvalue weighted by atomic mass is 10.1. The summed E-state index contributed by atoms with van der Waals surface area (Å²) in [7, 11) is -2.25. The van der Waals surface area contributed by atoms with E-state index in [0.29, 0.717) is 11.3 Å². The summed E-state index contributed by atoms with van der Waals surface area (Å²) in [4.78, 5) is 14.1. The number of nitrogens with zero attached hydrogens (tertiary/aromatic N) is 2. The van der Waals surface area contributed by atoms with Crippen LogP contribution in [0.3, 0.4) is 0 Å². The maximum atomic E-state index is 13.3. The topological polar surface area (TPSA) is 66.9 Å². The summed E-state index contributed by atoms with van der Waals surface area (Å²) in [6.45, 7) is 0.859. The minimum Gasteiger partial charge on any atom is -0.497 e. The molecule has 0 saturated carbocycles. The highest BCUT2D eigenvalue weighted by Gasteiger charge is 2.30. The molecule has 26 heavy (non-hydrogen) atoms. The Balaban J connectivity index is 1.69. The Labute approximate surface area is 151 Å². The van der Waals surface area contributed by atoms with Gasteiger partial charge in [-0.1, -0.05) is 12.1 Å². The van der Waals surface area contributed by atoms with Gasteiger partial charge in [0.2, 0.25) is 10.0 Å². The van der Waals surface area contributed by atoms with Crippen LogP contribution in [-0.2, 0) is 10.0 Å². The third kappa shape index (κ3) is 3.71. The molecule has 2 aromatic carbocycles. The van der Waals surface area contributed by atoms with Gasteiger partial charge < -0.3 is 9.64 Å². The zero-order valence-corrected chi connectivity index (χ0v) is 15.1. The summed E-state index contributed by atoms with van der Waals surface area (Å²) in [5, 5.41) is 0. The van der Waals surface area contributed by atoms with Crippen LogP contribution >= 0.6 is 0 Å². The van der Waals surface area contributed by atoms with Gasteiger partial charge in [-0.25, -0.2) is 12.8 Å². The Hall–Kier alpha value is -2.45. The third-order valence-electron chi connectivity index (χ3n) is 4.28. The van der Waals surface area contributed by atoms with Gasteiger partial charge >= 0.3 is 0 Å². The van der Waals surface area contributed by atoms with Crippen LogP contribution in [0.4, 0.5) is 4.39 Å². The normalized spacial score (nSPS) is 15.7. The molecular weight excluding hydrogens is 359 g/mol. The monoisotopic (exact) mass is 378 g/mol. The molecule has 1 heterocycles. The number of sulfonamides is 1. The molecule has 0 radical (unpaired) electrons. The number of halogens is 1. The van der Waals surface area contributed by atoms with Crippen LogP contribution in [0.15, 0.2) is 53.4 Å². The van der Waals surface area contributed by atoms with E-state index in [-0.39, 0.29) is 37.0 Å². The number of rotatable bonds is 4. The van der Waals surface area contributed by atoms with E-state index in [2.05, 4.69) is 0 Å². The highest BCUT2D eigenvalue weighted by molar-refractivity contribution is 7.89. The maximum absolute atomic E-state index is 13.3. The van der Waals surface area contributed by atoms with Crippen molar-refractivity contribution in [1.82, 2.24) is 9.21 Å². The van der Waals surface area contributed by atoms with Gasteiger partial charge in [0.15, 0.2) is 0 Å². The number of piperazine rings is 1. The van der Waals surface area contributed by atoms with Gasteiger partial charge in [0.05, 0.1) is 12.0 Å². The second kappa shape index (κ2) is 7.43. The van der Waals surface area contributed by atoms with E-state index >= 15 is 0 Å². The first-order chi connectivity index (χ1) is 12.4.